The van der Waals surface area contributed by atoms with Crippen molar-refractivity contribution in [1.29, 1.82) is 0 Å². The second kappa shape index (κ2) is 5.01. The summed E-state index contributed by atoms with van der Waals surface area (Å²) in [5.74, 6) is 0.842. The molecular formula is C15H21NO. The van der Waals surface area contributed by atoms with Crippen LogP contribution in [0.25, 0.3) is 0 Å². The number of ketones is 1. The first-order chi connectivity index (χ1) is 8.11. The fourth-order valence-electron chi connectivity index (χ4n) is 3.00. The Morgan fingerprint density at radius 3 is 2.47 bits per heavy atom. The molecular weight excluding hydrogens is 210 g/mol. The Morgan fingerprint density at radius 2 is 1.88 bits per heavy atom. The number of benzene rings is 1. The van der Waals surface area contributed by atoms with E-state index in [2.05, 4.69) is 6.07 Å². The average Bonchev–Trinajstić information content (AvgIpc) is 2.74. The third-order valence-corrected chi connectivity index (χ3v) is 3.80. The SMILES string of the molecule is Cc1cc(C)cc(C(=O)C2CCCC2CN)c1. The van der Waals surface area contributed by atoms with Crippen LogP contribution >= 0.6 is 0 Å². The van der Waals surface area contributed by atoms with E-state index in [-0.39, 0.29) is 5.92 Å². The van der Waals surface area contributed by atoms with Gasteiger partial charge in [0, 0.05) is 11.5 Å². The van der Waals surface area contributed by atoms with Crippen molar-refractivity contribution in [2.45, 2.75) is 33.1 Å². The highest BCUT2D eigenvalue weighted by Crippen LogP contribution is 2.33. The van der Waals surface area contributed by atoms with Gasteiger partial charge in [-0.1, -0.05) is 23.6 Å². The highest BCUT2D eigenvalue weighted by atomic mass is 16.1. The van der Waals surface area contributed by atoms with Crippen LogP contribution in [0, 0.1) is 25.7 Å². The average molecular weight is 231 g/mol. The van der Waals surface area contributed by atoms with Crippen LogP contribution in [0.1, 0.15) is 40.7 Å². The molecule has 17 heavy (non-hydrogen) atoms. The molecule has 1 saturated carbocycles. The van der Waals surface area contributed by atoms with Crippen molar-refractivity contribution in [2.24, 2.45) is 17.6 Å². The van der Waals surface area contributed by atoms with Crippen LogP contribution in [-0.2, 0) is 0 Å². The lowest BCUT2D eigenvalue weighted by atomic mass is 9.87. The van der Waals surface area contributed by atoms with Crippen LogP contribution in [0.4, 0.5) is 0 Å². The van der Waals surface area contributed by atoms with Crippen LogP contribution in [0.2, 0.25) is 0 Å². The Balaban J connectivity index is 2.24. The van der Waals surface area contributed by atoms with Crippen molar-refractivity contribution >= 4 is 5.78 Å². The molecule has 92 valence electrons. The van der Waals surface area contributed by atoms with Crippen molar-refractivity contribution < 1.29 is 4.79 Å². The van der Waals surface area contributed by atoms with Crippen molar-refractivity contribution in [3.8, 4) is 0 Å². The second-order valence-electron chi connectivity index (χ2n) is 5.27. The molecule has 1 aliphatic rings. The van der Waals surface area contributed by atoms with Gasteiger partial charge < -0.3 is 5.73 Å². The van der Waals surface area contributed by atoms with E-state index in [0.717, 1.165) is 36.0 Å². The van der Waals surface area contributed by atoms with Crippen molar-refractivity contribution in [3.05, 3.63) is 34.9 Å². The number of nitrogens with two attached hydrogens (primary N) is 1. The van der Waals surface area contributed by atoms with Gasteiger partial charge in [-0.15, -0.1) is 0 Å². The zero-order valence-electron chi connectivity index (χ0n) is 10.7. The van der Waals surface area contributed by atoms with Gasteiger partial charge in [0.2, 0.25) is 0 Å². The van der Waals surface area contributed by atoms with E-state index in [1.165, 1.54) is 0 Å². The molecule has 2 atom stereocenters. The van der Waals surface area contributed by atoms with Crippen molar-refractivity contribution in [3.63, 3.8) is 0 Å². The summed E-state index contributed by atoms with van der Waals surface area (Å²) in [6.45, 7) is 4.72. The molecule has 0 heterocycles. The molecule has 2 unspecified atom stereocenters. The van der Waals surface area contributed by atoms with Gasteiger partial charge in [0.05, 0.1) is 0 Å². The maximum absolute atomic E-state index is 12.5. The van der Waals surface area contributed by atoms with Gasteiger partial charge in [0.1, 0.15) is 0 Å². The minimum atomic E-state index is 0.154. The molecule has 0 radical (unpaired) electrons. The van der Waals surface area contributed by atoms with Crippen molar-refractivity contribution in [1.82, 2.24) is 0 Å². The topological polar surface area (TPSA) is 43.1 Å². The monoisotopic (exact) mass is 231 g/mol. The Morgan fingerprint density at radius 1 is 1.24 bits per heavy atom. The molecule has 0 saturated heterocycles. The van der Waals surface area contributed by atoms with Gasteiger partial charge in [-0.05, 0) is 51.3 Å². The number of Topliss-reactive ketones (excluding diaryl/α,β-unsaturated/α-hetero) is 1. The lowest BCUT2D eigenvalue weighted by molar-refractivity contribution is 0.0893. The molecule has 2 nitrogen and oxygen atoms in total. The van der Waals surface area contributed by atoms with Gasteiger partial charge in [-0.25, -0.2) is 0 Å². The minimum Gasteiger partial charge on any atom is -0.330 e. The summed E-state index contributed by atoms with van der Waals surface area (Å²) >= 11 is 0. The summed E-state index contributed by atoms with van der Waals surface area (Å²) in [6.07, 6.45) is 3.26. The zero-order valence-corrected chi connectivity index (χ0v) is 10.7. The predicted octanol–water partition coefficient (Wildman–Crippen LogP) is 2.86. The highest BCUT2D eigenvalue weighted by Gasteiger charge is 2.32. The molecule has 2 N–H and O–H groups in total. The molecule has 1 aromatic rings. The normalized spacial score (nSPS) is 23.9. The number of rotatable bonds is 3. The summed E-state index contributed by atoms with van der Waals surface area (Å²) in [5.41, 5.74) is 8.94. The fourth-order valence-corrected chi connectivity index (χ4v) is 3.00. The highest BCUT2D eigenvalue weighted by molar-refractivity contribution is 5.98. The predicted molar refractivity (Wildman–Crippen MR) is 70.1 cm³/mol. The summed E-state index contributed by atoms with van der Waals surface area (Å²) < 4.78 is 0. The van der Waals surface area contributed by atoms with E-state index >= 15 is 0 Å². The molecule has 1 fully saturated rings. The first-order valence-corrected chi connectivity index (χ1v) is 6.44. The Kier molecular flexibility index (Phi) is 3.63. The number of aryl methyl sites for hydroxylation is 2. The maximum Gasteiger partial charge on any atom is 0.166 e. The van der Waals surface area contributed by atoms with E-state index < -0.39 is 0 Å². The molecule has 2 rings (SSSR count). The number of carbonyl (C=O) groups is 1. The molecule has 1 aromatic carbocycles. The molecule has 0 bridgehead atoms. The smallest absolute Gasteiger partial charge is 0.166 e. The minimum absolute atomic E-state index is 0.154. The summed E-state index contributed by atoms with van der Waals surface area (Å²) in [6, 6.07) is 6.11. The summed E-state index contributed by atoms with van der Waals surface area (Å²) in [7, 11) is 0. The lowest BCUT2D eigenvalue weighted by Gasteiger charge is -2.17. The van der Waals surface area contributed by atoms with Crippen LogP contribution in [0.3, 0.4) is 0 Å². The molecule has 0 spiro atoms. The Labute approximate surface area is 103 Å². The quantitative estimate of drug-likeness (QED) is 0.813. The largest absolute Gasteiger partial charge is 0.330 e. The van der Waals surface area contributed by atoms with Crippen LogP contribution in [-0.4, -0.2) is 12.3 Å². The van der Waals surface area contributed by atoms with Gasteiger partial charge in [0.25, 0.3) is 0 Å². The Hall–Kier alpha value is -1.15. The van der Waals surface area contributed by atoms with E-state index in [9.17, 15) is 4.79 Å². The molecule has 0 aliphatic heterocycles. The lowest BCUT2D eigenvalue weighted by Crippen LogP contribution is -2.25. The Bertz CT molecular complexity index is 405. The molecule has 0 amide bonds. The summed E-state index contributed by atoms with van der Waals surface area (Å²) in [5, 5.41) is 0. The first kappa shape index (κ1) is 12.3. The first-order valence-electron chi connectivity index (χ1n) is 6.44. The second-order valence-corrected chi connectivity index (χ2v) is 5.27. The molecule has 0 aromatic heterocycles. The standard InChI is InChI=1S/C15H21NO/c1-10-6-11(2)8-13(7-10)15(17)14-5-3-4-12(14)9-16/h6-8,12,14H,3-5,9,16H2,1-2H3. The third kappa shape index (κ3) is 2.58. The van der Waals surface area contributed by atoms with E-state index in [0.29, 0.717) is 18.2 Å². The van der Waals surface area contributed by atoms with E-state index in [4.69, 9.17) is 5.73 Å². The third-order valence-electron chi connectivity index (χ3n) is 3.80. The van der Waals surface area contributed by atoms with Crippen LogP contribution < -0.4 is 5.73 Å². The number of hydrogen-bond donors (Lipinski definition) is 1. The van der Waals surface area contributed by atoms with E-state index in [1.807, 2.05) is 26.0 Å². The maximum atomic E-state index is 12.5. The molecule has 2 heteroatoms. The van der Waals surface area contributed by atoms with E-state index in [1.54, 1.807) is 0 Å². The van der Waals surface area contributed by atoms with Gasteiger partial charge in [-0.2, -0.15) is 0 Å². The van der Waals surface area contributed by atoms with Gasteiger partial charge >= 0.3 is 0 Å². The van der Waals surface area contributed by atoms with Gasteiger partial charge in [-0.3, -0.25) is 4.79 Å². The number of carbonyl (C=O) groups excluding carboxylic acids is 1. The van der Waals surface area contributed by atoms with Crippen LogP contribution in [0.5, 0.6) is 0 Å². The molecule has 1 aliphatic carbocycles. The fraction of sp³-hybridized carbons (Fsp3) is 0.533. The van der Waals surface area contributed by atoms with Crippen LogP contribution in [0.15, 0.2) is 18.2 Å². The van der Waals surface area contributed by atoms with Gasteiger partial charge in [0.15, 0.2) is 5.78 Å². The summed E-state index contributed by atoms with van der Waals surface area (Å²) in [4.78, 5) is 12.5. The number of hydrogen-bond acceptors (Lipinski definition) is 2. The zero-order chi connectivity index (χ0) is 12.4. The van der Waals surface area contributed by atoms with Crippen molar-refractivity contribution in [2.75, 3.05) is 6.54 Å².